The molecule has 0 spiro atoms. The summed E-state index contributed by atoms with van der Waals surface area (Å²) in [6.07, 6.45) is 3.99. The van der Waals surface area contributed by atoms with Crippen LogP contribution in [0.5, 0.6) is 0 Å². The van der Waals surface area contributed by atoms with Crippen LogP contribution in [-0.4, -0.2) is 29.9 Å². The Morgan fingerprint density at radius 2 is 1.79 bits per heavy atom. The molecule has 19 heavy (non-hydrogen) atoms. The maximum atomic E-state index is 11.8. The van der Waals surface area contributed by atoms with Gasteiger partial charge < -0.3 is 5.32 Å². The van der Waals surface area contributed by atoms with Gasteiger partial charge >= 0.3 is 0 Å². The van der Waals surface area contributed by atoms with E-state index in [1.807, 2.05) is 26.0 Å². The molecule has 0 unspecified atom stereocenters. The van der Waals surface area contributed by atoms with Crippen LogP contribution >= 0.6 is 0 Å². The predicted octanol–water partition coefficient (Wildman–Crippen LogP) is 2.81. The van der Waals surface area contributed by atoms with Crippen LogP contribution in [0.3, 0.4) is 0 Å². The second-order valence-corrected chi connectivity index (χ2v) is 5.66. The second kappa shape index (κ2) is 6.71. The lowest BCUT2D eigenvalue weighted by atomic mass is 10.1. The van der Waals surface area contributed by atoms with Gasteiger partial charge in [0.1, 0.15) is 0 Å². The number of carbonyl (C=O) groups excluding carboxylic acids is 1. The summed E-state index contributed by atoms with van der Waals surface area (Å²) in [6, 6.07) is 8.18. The van der Waals surface area contributed by atoms with E-state index in [0.717, 1.165) is 12.1 Å². The number of likely N-dealkylation sites (tertiary alicyclic amines) is 1. The third-order valence-corrected chi connectivity index (χ3v) is 3.49. The number of hydrogen-bond acceptors (Lipinski definition) is 2. The van der Waals surface area contributed by atoms with Crippen LogP contribution in [-0.2, 0) is 6.54 Å². The average molecular weight is 260 g/mol. The Balaban J connectivity index is 1.92. The van der Waals surface area contributed by atoms with Crippen LogP contribution in [0.2, 0.25) is 0 Å². The molecule has 104 valence electrons. The summed E-state index contributed by atoms with van der Waals surface area (Å²) in [4.78, 5) is 14.3. The minimum Gasteiger partial charge on any atom is -0.350 e. The molecule has 0 atom stereocenters. The highest BCUT2D eigenvalue weighted by Crippen LogP contribution is 2.13. The van der Waals surface area contributed by atoms with Gasteiger partial charge in [0.15, 0.2) is 0 Å². The first kappa shape index (κ1) is 14.1. The smallest absolute Gasteiger partial charge is 0.251 e. The molecular formula is C16H24N2O. The molecular weight excluding hydrogens is 236 g/mol. The lowest BCUT2D eigenvalue weighted by Gasteiger charge is -2.26. The standard InChI is InChI=1S/C16H24N2O/c1-13(2)17-16(19)15-8-6-14(7-9-15)12-18-10-4-3-5-11-18/h6-9,13H,3-5,10-12H2,1-2H3,(H,17,19). The molecule has 1 aromatic carbocycles. The maximum Gasteiger partial charge on any atom is 0.251 e. The molecule has 1 fully saturated rings. The lowest BCUT2D eigenvalue weighted by Crippen LogP contribution is -2.30. The summed E-state index contributed by atoms with van der Waals surface area (Å²) in [6.45, 7) is 7.36. The van der Waals surface area contributed by atoms with Crippen molar-refractivity contribution in [1.82, 2.24) is 10.2 Å². The van der Waals surface area contributed by atoms with Crippen LogP contribution in [0.25, 0.3) is 0 Å². The number of amides is 1. The van der Waals surface area contributed by atoms with Crippen molar-refractivity contribution < 1.29 is 4.79 Å². The van der Waals surface area contributed by atoms with Crippen molar-refractivity contribution in [1.29, 1.82) is 0 Å². The fourth-order valence-corrected chi connectivity index (χ4v) is 2.48. The van der Waals surface area contributed by atoms with Gasteiger partial charge in [-0.1, -0.05) is 18.6 Å². The van der Waals surface area contributed by atoms with E-state index in [4.69, 9.17) is 0 Å². The Hall–Kier alpha value is -1.35. The number of rotatable bonds is 4. The quantitative estimate of drug-likeness (QED) is 0.903. The highest BCUT2D eigenvalue weighted by molar-refractivity contribution is 5.94. The fourth-order valence-electron chi connectivity index (χ4n) is 2.48. The molecule has 0 aliphatic carbocycles. The maximum absolute atomic E-state index is 11.8. The minimum atomic E-state index is 0.0134. The van der Waals surface area contributed by atoms with Gasteiger partial charge in [0.05, 0.1) is 0 Å². The molecule has 1 heterocycles. The van der Waals surface area contributed by atoms with E-state index >= 15 is 0 Å². The molecule has 0 radical (unpaired) electrons. The molecule has 1 saturated heterocycles. The number of carbonyl (C=O) groups is 1. The van der Waals surface area contributed by atoms with Crippen LogP contribution < -0.4 is 5.32 Å². The van der Waals surface area contributed by atoms with Gasteiger partial charge in [-0.3, -0.25) is 9.69 Å². The highest BCUT2D eigenvalue weighted by Gasteiger charge is 2.11. The third-order valence-electron chi connectivity index (χ3n) is 3.49. The summed E-state index contributed by atoms with van der Waals surface area (Å²) in [5, 5.41) is 2.91. The number of nitrogens with one attached hydrogen (secondary N) is 1. The first-order chi connectivity index (χ1) is 9.15. The van der Waals surface area contributed by atoms with Crippen LogP contribution in [0.1, 0.15) is 49.0 Å². The van der Waals surface area contributed by atoms with Crippen LogP contribution in [0.4, 0.5) is 0 Å². The Labute approximate surface area is 116 Å². The summed E-state index contributed by atoms with van der Waals surface area (Å²) >= 11 is 0. The molecule has 3 heteroatoms. The molecule has 0 bridgehead atoms. The largest absolute Gasteiger partial charge is 0.350 e. The van der Waals surface area contributed by atoms with Crippen molar-refractivity contribution in [2.45, 2.75) is 45.7 Å². The summed E-state index contributed by atoms with van der Waals surface area (Å²) < 4.78 is 0. The lowest BCUT2D eigenvalue weighted by molar-refractivity contribution is 0.0943. The summed E-state index contributed by atoms with van der Waals surface area (Å²) in [7, 11) is 0. The SMILES string of the molecule is CC(C)NC(=O)c1ccc(CN2CCCCC2)cc1. The molecule has 0 saturated carbocycles. The van der Waals surface area contributed by atoms with Gasteiger partial charge in [-0.25, -0.2) is 0 Å². The molecule has 1 aliphatic rings. The third kappa shape index (κ3) is 4.35. The highest BCUT2D eigenvalue weighted by atomic mass is 16.1. The van der Waals surface area contributed by atoms with E-state index in [1.54, 1.807) is 0 Å². The molecule has 3 nitrogen and oxygen atoms in total. The summed E-state index contributed by atoms with van der Waals surface area (Å²) in [5.41, 5.74) is 2.04. The Morgan fingerprint density at radius 3 is 2.37 bits per heavy atom. The van der Waals surface area contributed by atoms with E-state index in [1.165, 1.54) is 37.9 Å². The Bertz CT molecular complexity index is 405. The van der Waals surface area contributed by atoms with Gasteiger partial charge in [0, 0.05) is 18.2 Å². The van der Waals surface area contributed by atoms with E-state index in [-0.39, 0.29) is 11.9 Å². The van der Waals surface area contributed by atoms with E-state index in [2.05, 4.69) is 22.3 Å². The Morgan fingerprint density at radius 1 is 1.16 bits per heavy atom. The fraction of sp³-hybridized carbons (Fsp3) is 0.562. The molecule has 1 amide bonds. The zero-order valence-corrected chi connectivity index (χ0v) is 12.0. The number of hydrogen-bond donors (Lipinski definition) is 1. The van der Waals surface area contributed by atoms with Gasteiger partial charge in [0.2, 0.25) is 0 Å². The van der Waals surface area contributed by atoms with Crippen molar-refractivity contribution in [3.05, 3.63) is 35.4 Å². The van der Waals surface area contributed by atoms with Gasteiger partial charge in [-0.2, -0.15) is 0 Å². The van der Waals surface area contributed by atoms with Crippen LogP contribution in [0, 0.1) is 0 Å². The monoisotopic (exact) mass is 260 g/mol. The van der Waals surface area contributed by atoms with E-state index in [9.17, 15) is 4.79 Å². The molecule has 1 aromatic rings. The number of benzene rings is 1. The van der Waals surface area contributed by atoms with Gasteiger partial charge in [-0.15, -0.1) is 0 Å². The first-order valence-electron chi connectivity index (χ1n) is 7.27. The average Bonchev–Trinajstić information content (AvgIpc) is 2.40. The minimum absolute atomic E-state index is 0.0134. The van der Waals surface area contributed by atoms with E-state index in [0.29, 0.717) is 0 Å². The number of nitrogens with zero attached hydrogens (tertiary/aromatic N) is 1. The normalized spacial score (nSPS) is 16.6. The predicted molar refractivity (Wildman–Crippen MR) is 78.2 cm³/mol. The zero-order chi connectivity index (χ0) is 13.7. The second-order valence-electron chi connectivity index (χ2n) is 5.66. The van der Waals surface area contributed by atoms with Crippen molar-refractivity contribution >= 4 is 5.91 Å². The molecule has 1 N–H and O–H groups in total. The molecule has 2 rings (SSSR count). The van der Waals surface area contributed by atoms with Crippen molar-refractivity contribution in [3.63, 3.8) is 0 Å². The van der Waals surface area contributed by atoms with Crippen molar-refractivity contribution in [3.8, 4) is 0 Å². The summed E-state index contributed by atoms with van der Waals surface area (Å²) in [5.74, 6) is 0.0134. The van der Waals surface area contributed by atoms with E-state index < -0.39 is 0 Å². The van der Waals surface area contributed by atoms with Crippen molar-refractivity contribution in [2.75, 3.05) is 13.1 Å². The van der Waals surface area contributed by atoms with Gasteiger partial charge in [0.25, 0.3) is 5.91 Å². The topological polar surface area (TPSA) is 32.3 Å². The van der Waals surface area contributed by atoms with Gasteiger partial charge in [-0.05, 0) is 57.5 Å². The molecule has 0 aromatic heterocycles. The van der Waals surface area contributed by atoms with Crippen LogP contribution in [0.15, 0.2) is 24.3 Å². The number of piperidine rings is 1. The zero-order valence-electron chi connectivity index (χ0n) is 12.0. The van der Waals surface area contributed by atoms with Crippen molar-refractivity contribution in [2.24, 2.45) is 0 Å². The molecule has 1 aliphatic heterocycles. The first-order valence-corrected chi connectivity index (χ1v) is 7.27. The Kier molecular flexibility index (Phi) is 4.97.